The molecule has 2 aromatic rings. The van der Waals surface area contributed by atoms with Crippen molar-refractivity contribution in [3.63, 3.8) is 0 Å². The van der Waals surface area contributed by atoms with Gasteiger partial charge in [-0.25, -0.2) is 4.79 Å². The molecule has 2 saturated heterocycles. The maximum atomic E-state index is 12.7. The fourth-order valence-corrected chi connectivity index (χ4v) is 4.73. The monoisotopic (exact) mass is 428 g/mol. The van der Waals surface area contributed by atoms with Gasteiger partial charge in [0.15, 0.2) is 0 Å². The standard InChI is InChI=1S/C21H20N2O4S2/c1-3-11-9-17(28)22(19(11)24)14-5-6-16-13(7-14)8-15(21(26)27-16)23-18(29)10-12(4-2)20(23)25/h5-8,11-12H,3-4,9-10H2,1-2H3. The van der Waals surface area contributed by atoms with Crippen LogP contribution in [-0.4, -0.2) is 21.8 Å². The molecule has 29 heavy (non-hydrogen) atoms. The van der Waals surface area contributed by atoms with E-state index in [9.17, 15) is 14.4 Å². The molecule has 0 bridgehead atoms. The summed E-state index contributed by atoms with van der Waals surface area (Å²) in [5.74, 6) is -0.513. The second-order valence-corrected chi connectivity index (χ2v) is 8.34. The Bertz CT molecular complexity index is 1120. The molecule has 6 nitrogen and oxygen atoms in total. The van der Waals surface area contributed by atoms with E-state index in [2.05, 4.69) is 0 Å². The first-order chi connectivity index (χ1) is 13.8. The maximum Gasteiger partial charge on any atom is 0.360 e. The van der Waals surface area contributed by atoms with E-state index in [1.54, 1.807) is 29.2 Å². The van der Waals surface area contributed by atoms with Gasteiger partial charge in [0.25, 0.3) is 0 Å². The van der Waals surface area contributed by atoms with Gasteiger partial charge in [-0.05, 0) is 37.1 Å². The number of anilines is 2. The van der Waals surface area contributed by atoms with E-state index < -0.39 is 5.63 Å². The molecule has 0 radical (unpaired) electrons. The minimum absolute atomic E-state index is 0.0175. The molecule has 2 aliphatic rings. The summed E-state index contributed by atoms with van der Waals surface area (Å²) in [6.07, 6.45) is 2.41. The largest absolute Gasteiger partial charge is 0.421 e. The Morgan fingerprint density at radius 2 is 1.52 bits per heavy atom. The summed E-state index contributed by atoms with van der Waals surface area (Å²) in [5, 5.41) is 0.600. The molecule has 2 amide bonds. The Balaban J connectivity index is 1.78. The first-order valence-electron chi connectivity index (χ1n) is 9.67. The zero-order chi connectivity index (χ0) is 20.9. The second-order valence-electron chi connectivity index (χ2n) is 7.39. The first-order valence-corrected chi connectivity index (χ1v) is 10.5. The van der Waals surface area contributed by atoms with E-state index in [4.69, 9.17) is 28.9 Å². The molecule has 1 aromatic heterocycles. The Morgan fingerprint density at radius 1 is 0.931 bits per heavy atom. The zero-order valence-electron chi connectivity index (χ0n) is 16.1. The number of amides is 2. The van der Waals surface area contributed by atoms with Gasteiger partial charge in [-0.3, -0.25) is 19.4 Å². The number of carbonyl (C=O) groups is 2. The van der Waals surface area contributed by atoms with Crippen LogP contribution in [-0.2, 0) is 9.59 Å². The number of fused-ring (bicyclic) bond motifs is 1. The number of rotatable bonds is 4. The second kappa shape index (κ2) is 7.42. The predicted molar refractivity (Wildman–Crippen MR) is 119 cm³/mol. The van der Waals surface area contributed by atoms with Gasteiger partial charge in [-0.15, -0.1) is 0 Å². The van der Waals surface area contributed by atoms with Crippen molar-refractivity contribution in [3.05, 3.63) is 34.7 Å². The van der Waals surface area contributed by atoms with Gasteiger partial charge in [0.05, 0.1) is 15.7 Å². The molecule has 2 aliphatic heterocycles. The van der Waals surface area contributed by atoms with E-state index in [-0.39, 0.29) is 29.3 Å². The predicted octanol–water partition coefficient (Wildman–Crippen LogP) is 3.97. The van der Waals surface area contributed by atoms with Crippen LogP contribution in [0.1, 0.15) is 39.5 Å². The van der Waals surface area contributed by atoms with E-state index in [0.29, 0.717) is 45.9 Å². The van der Waals surface area contributed by atoms with Crippen LogP contribution in [0.15, 0.2) is 33.5 Å². The third kappa shape index (κ3) is 3.20. The third-order valence-corrected chi connectivity index (χ3v) is 6.36. The quantitative estimate of drug-likeness (QED) is 0.542. The molecule has 8 heteroatoms. The Labute approximate surface area is 178 Å². The van der Waals surface area contributed by atoms with Gasteiger partial charge < -0.3 is 4.42 Å². The van der Waals surface area contributed by atoms with Crippen LogP contribution in [0, 0.1) is 11.8 Å². The lowest BCUT2D eigenvalue weighted by Gasteiger charge is -2.18. The lowest BCUT2D eigenvalue weighted by Crippen LogP contribution is -2.33. The molecule has 1 aromatic carbocycles. The summed E-state index contributed by atoms with van der Waals surface area (Å²) in [5.41, 5.74) is 0.501. The lowest BCUT2D eigenvalue weighted by molar-refractivity contribution is -0.121. The van der Waals surface area contributed by atoms with Gasteiger partial charge in [0.2, 0.25) is 11.8 Å². The molecule has 0 spiro atoms. The summed E-state index contributed by atoms with van der Waals surface area (Å²) in [6.45, 7) is 3.89. The average Bonchev–Trinajstić information content (AvgIpc) is 3.15. The fraction of sp³-hybridized carbons (Fsp3) is 0.381. The number of hydrogen-bond donors (Lipinski definition) is 0. The molecule has 2 fully saturated rings. The van der Waals surface area contributed by atoms with E-state index in [0.717, 1.165) is 6.42 Å². The van der Waals surface area contributed by atoms with Crippen LogP contribution in [0.3, 0.4) is 0 Å². The minimum Gasteiger partial charge on any atom is -0.421 e. The van der Waals surface area contributed by atoms with Crippen molar-refractivity contribution < 1.29 is 14.0 Å². The summed E-state index contributed by atoms with van der Waals surface area (Å²) in [4.78, 5) is 41.7. The molecule has 150 valence electrons. The Kier molecular flexibility index (Phi) is 5.08. The number of carbonyl (C=O) groups excluding carboxylic acids is 2. The van der Waals surface area contributed by atoms with Gasteiger partial charge >= 0.3 is 5.63 Å². The van der Waals surface area contributed by atoms with E-state index in [1.807, 2.05) is 13.8 Å². The van der Waals surface area contributed by atoms with Crippen LogP contribution >= 0.6 is 24.4 Å². The number of nitrogens with zero attached hydrogens (tertiary/aromatic N) is 2. The van der Waals surface area contributed by atoms with Crippen molar-refractivity contribution in [1.29, 1.82) is 0 Å². The lowest BCUT2D eigenvalue weighted by atomic mass is 10.1. The average molecular weight is 429 g/mol. The van der Waals surface area contributed by atoms with Crippen molar-refractivity contribution in [2.75, 3.05) is 9.80 Å². The summed E-state index contributed by atoms with van der Waals surface area (Å²) in [7, 11) is 0. The zero-order valence-corrected chi connectivity index (χ0v) is 17.8. The minimum atomic E-state index is -0.614. The normalized spacial score (nSPS) is 22.4. The van der Waals surface area contributed by atoms with Crippen molar-refractivity contribution in [3.8, 4) is 0 Å². The molecular weight excluding hydrogens is 408 g/mol. The fourth-order valence-electron chi connectivity index (χ4n) is 3.95. The van der Waals surface area contributed by atoms with Crippen molar-refractivity contribution in [2.45, 2.75) is 39.5 Å². The van der Waals surface area contributed by atoms with Gasteiger partial charge in [0.1, 0.15) is 11.3 Å². The maximum absolute atomic E-state index is 12.7. The first kappa shape index (κ1) is 19.8. The number of benzene rings is 1. The molecule has 3 heterocycles. The molecule has 0 aliphatic carbocycles. The topological polar surface area (TPSA) is 70.8 Å². The molecule has 2 atom stereocenters. The highest BCUT2D eigenvalue weighted by molar-refractivity contribution is 7.81. The van der Waals surface area contributed by atoms with Crippen molar-refractivity contribution in [1.82, 2.24) is 0 Å². The van der Waals surface area contributed by atoms with Crippen LogP contribution in [0.25, 0.3) is 11.0 Å². The summed E-state index contributed by atoms with van der Waals surface area (Å²) in [6, 6.07) is 6.72. The van der Waals surface area contributed by atoms with Gasteiger partial charge in [0, 0.05) is 30.1 Å². The van der Waals surface area contributed by atoms with Crippen LogP contribution in [0.2, 0.25) is 0 Å². The Hall–Kier alpha value is -2.45. The Morgan fingerprint density at radius 3 is 2.10 bits per heavy atom. The van der Waals surface area contributed by atoms with Gasteiger partial charge in [-0.2, -0.15) is 0 Å². The third-order valence-electron chi connectivity index (χ3n) is 5.66. The molecule has 2 unspecified atom stereocenters. The molecule has 4 rings (SSSR count). The summed E-state index contributed by atoms with van der Waals surface area (Å²) < 4.78 is 5.44. The van der Waals surface area contributed by atoms with Crippen molar-refractivity contribution in [2.24, 2.45) is 11.8 Å². The number of thiocarbonyl (C=S) groups is 2. The highest BCUT2D eigenvalue weighted by Gasteiger charge is 2.38. The molecule has 0 N–H and O–H groups in total. The van der Waals surface area contributed by atoms with Crippen molar-refractivity contribution >= 4 is 68.6 Å². The highest BCUT2D eigenvalue weighted by atomic mass is 32.1. The highest BCUT2D eigenvalue weighted by Crippen LogP contribution is 2.33. The SMILES string of the molecule is CCC1CC(=S)N(c2ccc3oc(=O)c(N4C(=O)C(CC)CC4=S)cc3c2)C1=O. The van der Waals surface area contributed by atoms with Crippen LogP contribution < -0.4 is 15.4 Å². The van der Waals surface area contributed by atoms with Crippen LogP contribution in [0.5, 0.6) is 0 Å². The van der Waals surface area contributed by atoms with E-state index in [1.165, 1.54) is 4.90 Å². The van der Waals surface area contributed by atoms with E-state index >= 15 is 0 Å². The van der Waals surface area contributed by atoms with Crippen LogP contribution in [0.4, 0.5) is 11.4 Å². The smallest absolute Gasteiger partial charge is 0.360 e. The molecule has 0 saturated carbocycles. The summed E-state index contributed by atoms with van der Waals surface area (Å²) >= 11 is 10.8. The molecular formula is C21H20N2O4S2. The van der Waals surface area contributed by atoms with Gasteiger partial charge in [-0.1, -0.05) is 38.3 Å². The number of hydrogen-bond acceptors (Lipinski definition) is 6.